The molecule has 0 spiro atoms. The fourth-order valence-corrected chi connectivity index (χ4v) is 3.11. The summed E-state index contributed by atoms with van der Waals surface area (Å²) in [6, 6.07) is 0.0120. The van der Waals surface area contributed by atoms with E-state index in [1.54, 1.807) is 0 Å². The molecule has 0 amide bonds. The van der Waals surface area contributed by atoms with Crippen molar-refractivity contribution in [2.45, 2.75) is 18.6 Å². The number of nitrogens with zero attached hydrogens (tertiary/aromatic N) is 4. The van der Waals surface area contributed by atoms with Crippen molar-refractivity contribution in [3.63, 3.8) is 0 Å². The van der Waals surface area contributed by atoms with Crippen molar-refractivity contribution in [2.24, 2.45) is 0 Å². The molecule has 1 fully saturated rings. The molecule has 7 nitrogen and oxygen atoms in total. The summed E-state index contributed by atoms with van der Waals surface area (Å²) in [5, 5.41) is 9.64. The SMILES string of the molecule is O=C(O)C1CC(F)CN1c1nc(-c2c[nH]c3ncc(F)cc23)ncc1F. The second kappa shape index (κ2) is 5.97. The van der Waals surface area contributed by atoms with Crippen LogP contribution in [0.2, 0.25) is 0 Å². The Kier molecular flexibility index (Phi) is 3.74. The van der Waals surface area contributed by atoms with Gasteiger partial charge in [0.2, 0.25) is 0 Å². The van der Waals surface area contributed by atoms with Crippen LogP contribution < -0.4 is 4.90 Å². The first-order valence-electron chi connectivity index (χ1n) is 7.73. The van der Waals surface area contributed by atoms with Gasteiger partial charge in [0.1, 0.15) is 23.7 Å². The molecule has 1 aliphatic heterocycles. The van der Waals surface area contributed by atoms with Gasteiger partial charge in [0.15, 0.2) is 17.5 Å². The number of hydrogen-bond acceptors (Lipinski definition) is 5. The lowest BCUT2D eigenvalue weighted by atomic mass is 10.2. The van der Waals surface area contributed by atoms with Crippen LogP contribution in [0.5, 0.6) is 0 Å². The molecule has 0 bridgehead atoms. The summed E-state index contributed by atoms with van der Waals surface area (Å²) in [6.07, 6.45) is 1.76. The first-order chi connectivity index (χ1) is 12.4. The number of aliphatic carboxylic acids is 1. The number of rotatable bonds is 3. The largest absolute Gasteiger partial charge is 0.480 e. The van der Waals surface area contributed by atoms with E-state index in [0.29, 0.717) is 16.6 Å². The van der Waals surface area contributed by atoms with Gasteiger partial charge in [-0.15, -0.1) is 0 Å². The van der Waals surface area contributed by atoms with E-state index >= 15 is 0 Å². The fraction of sp³-hybridized carbons (Fsp3) is 0.250. The van der Waals surface area contributed by atoms with Gasteiger partial charge in [-0.1, -0.05) is 0 Å². The highest BCUT2D eigenvalue weighted by molar-refractivity contribution is 5.91. The highest BCUT2D eigenvalue weighted by Gasteiger charge is 2.39. The van der Waals surface area contributed by atoms with Crippen LogP contribution in [-0.2, 0) is 4.79 Å². The third-order valence-electron chi connectivity index (χ3n) is 4.27. The summed E-state index contributed by atoms with van der Waals surface area (Å²) in [5.74, 6) is -2.94. The fourth-order valence-electron chi connectivity index (χ4n) is 3.11. The van der Waals surface area contributed by atoms with E-state index in [-0.39, 0.29) is 24.6 Å². The number of H-pyrrole nitrogens is 1. The molecule has 134 valence electrons. The van der Waals surface area contributed by atoms with Gasteiger partial charge in [0.25, 0.3) is 0 Å². The van der Waals surface area contributed by atoms with Crippen LogP contribution in [0.4, 0.5) is 19.0 Å². The van der Waals surface area contributed by atoms with Gasteiger partial charge in [0, 0.05) is 23.6 Å². The van der Waals surface area contributed by atoms with Gasteiger partial charge in [-0.05, 0) is 6.07 Å². The van der Waals surface area contributed by atoms with Crippen molar-refractivity contribution in [1.82, 2.24) is 19.9 Å². The molecule has 2 N–H and O–H groups in total. The van der Waals surface area contributed by atoms with E-state index in [9.17, 15) is 23.1 Å². The quantitative estimate of drug-likeness (QED) is 0.741. The number of fused-ring (bicyclic) bond motifs is 1. The van der Waals surface area contributed by atoms with Gasteiger partial charge in [-0.3, -0.25) is 0 Å². The summed E-state index contributed by atoms with van der Waals surface area (Å²) < 4.78 is 41.4. The lowest BCUT2D eigenvalue weighted by Gasteiger charge is -2.22. The lowest BCUT2D eigenvalue weighted by Crippen LogP contribution is -2.37. The van der Waals surface area contributed by atoms with Crippen molar-refractivity contribution < 1.29 is 23.1 Å². The summed E-state index contributed by atoms with van der Waals surface area (Å²) >= 11 is 0. The normalized spacial score (nSPS) is 20.0. The molecule has 3 aromatic rings. The molecule has 4 heterocycles. The summed E-state index contributed by atoms with van der Waals surface area (Å²) in [6.45, 7) is -0.283. The van der Waals surface area contributed by atoms with E-state index in [2.05, 4.69) is 19.9 Å². The Labute approximate surface area is 144 Å². The Balaban J connectivity index is 1.81. The molecule has 10 heteroatoms. The molecule has 3 aromatic heterocycles. The number of halogens is 3. The van der Waals surface area contributed by atoms with E-state index in [0.717, 1.165) is 17.3 Å². The number of carboxylic acids is 1. The van der Waals surface area contributed by atoms with Crippen LogP contribution in [0, 0.1) is 11.6 Å². The minimum atomic E-state index is -1.40. The van der Waals surface area contributed by atoms with Gasteiger partial charge >= 0.3 is 5.97 Å². The van der Waals surface area contributed by atoms with Crippen molar-refractivity contribution in [3.05, 3.63) is 36.3 Å². The van der Waals surface area contributed by atoms with E-state index in [1.165, 1.54) is 12.3 Å². The van der Waals surface area contributed by atoms with Crippen LogP contribution in [0.3, 0.4) is 0 Å². The Morgan fingerprint density at radius 2 is 2.12 bits per heavy atom. The number of alkyl halides is 1. The number of aromatic amines is 1. The van der Waals surface area contributed by atoms with Gasteiger partial charge in [0.05, 0.1) is 18.9 Å². The Morgan fingerprint density at radius 1 is 1.31 bits per heavy atom. The smallest absolute Gasteiger partial charge is 0.326 e. The predicted molar refractivity (Wildman–Crippen MR) is 85.3 cm³/mol. The zero-order valence-electron chi connectivity index (χ0n) is 13.2. The Hall–Kier alpha value is -3.17. The molecule has 2 atom stereocenters. The zero-order valence-corrected chi connectivity index (χ0v) is 13.2. The average molecular weight is 363 g/mol. The molecule has 0 aromatic carbocycles. The van der Waals surface area contributed by atoms with Crippen LogP contribution in [0.25, 0.3) is 22.4 Å². The summed E-state index contributed by atoms with van der Waals surface area (Å²) in [5.41, 5.74) is 0.764. The first kappa shape index (κ1) is 16.3. The molecule has 1 saturated heterocycles. The number of anilines is 1. The van der Waals surface area contributed by atoms with Crippen LogP contribution in [0.15, 0.2) is 24.7 Å². The van der Waals surface area contributed by atoms with Crippen molar-refractivity contribution in [3.8, 4) is 11.4 Å². The Morgan fingerprint density at radius 3 is 2.88 bits per heavy atom. The molecule has 26 heavy (non-hydrogen) atoms. The van der Waals surface area contributed by atoms with Crippen molar-refractivity contribution in [2.75, 3.05) is 11.4 Å². The number of hydrogen-bond donors (Lipinski definition) is 2. The summed E-state index contributed by atoms with van der Waals surface area (Å²) in [4.78, 5) is 27.1. The van der Waals surface area contributed by atoms with Gasteiger partial charge < -0.3 is 15.0 Å². The maximum atomic E-state index is 14.2. The number of carboxylic acid groups (broad SMARTS) is 1. The van der Waals surface area contributed by atoms with Gasteiger partial charge in [-0.25, -0.2) is 32.9 Å². The van der Waals surface area contributed by atoms with Crippen LogP contribution >= 0.6 is 0 Å². The standard InChI is InChI=1S/C16H12F3N5O2/c17-7-1-9-10(4-21-13(9)20-3-7)14-22-5-11(19)15(23-14)24-6-8(18)2-12(24)16(25)26/h1,3-5,8,12H,2,6H2,(H,20,21)(H,25,26). The molecule has 0 radical (unpaired) electrons. The number of aromatic nitrogens is 4. The first-order valence-corrected chi connectivity index (χ1v) is 7.73. The van der Waals surface area contributed by atoms with Crippen LogP contribution in [0.1, 0.15) is 6.42 Å². The van der Waals surface area contributed by atoms with Crippen molar-refractivity contribution in [1.29, 1.82) is 0 Å². The summed E-state index contributed by atoms with van der Waals surface area (Å²) in [7, 11) is 0. The third kappa shape index (κ3) is 2.63. The topological polar surface area (TPSA) is 95.0 Å². The maximum absolute atomic E-state index is 14.2. The monoisotopic (exact) mass is 363 g/mol. The molecular formula is C16H12F3N5O2. The second-order valence-corrected chi connectivity index (χ2v) is 5.96. The molecule has 0 saturated carbocycles. The van der Waals surface area contributed by atoms with Gasteiger partial charge in [-0.2, -0.15) is 0 Å². The van der Waals surface area contributed by atoms with E-state index in [1.807, 2.05) is 0 Å². The van der Waals surface area contributed by atoms with E-state index < -0.39 is 29.8 Å². The molecule has 2 unspecified atom stereocenters. The number of nitrogens with one attached hydrogen (secondary N) is 1. The Bertz CT molecular complexity index is 1010. The molecule has 1 aliphatic rings. The van der Waals surface area contributed by atoms with E-state index in [4.69, 9.17) is 0 Å². The highest BCUT2D eigenvalue weighted by Crippen LogP contribution is 2.31. The van der Waals surface area contributed by atoms with Crippen LogP contribution in [-0.4, -0.2) is 49.8 Å². The third-order valence-corrected chi connectivity index (χ3v) is 4.27. The zero-order chi connectivity index (χ0) is 18.4. The lowest BCUT2D eigenvalue weighted by molar-refractivity contribution is -0.138. The maximum Gasteiger partial charge on any atom is 0.326 e. The minimum absolute atomic E-state index is 0.0477. The minimum Gasteiger partial charge on any atom is -0.480 e. The second-order valence-electron chi connectivity index (χ2n) is 5.96. The molecular weight excluding hydrogens is 351 g/mol. The molecule has 0 aliphatic carbocycles. The number of carbonyl (C=O) groups is 1. The highest BCUT2D eigenvalue weighted by atomic mass is 19.1. The average Bonchev–Trinajstić information content (AvgIpc) is 3.19. The molecule has 4 rings (SSSR count). The predicted octanol–water partition coefficient (Wildman–Crippen LogP) is 2.30. The van der Waals surface area contributed by atoms with Crippen molar-refractivity contribution >= 4 is 22.8 Å². The number of pyridine rings is 1.